The standard InChI is InChI=1S/C22H32ClN3O3/c1-22(2,15-23)21(28)25-16-8-9-19(26-10-4-3-5-11-26)18(13-16)20(27)24-14-17-7-6-12-29-17/h8-9,13,17H,3-7,10-12,14-15H2,1-2H3,(H,24,27)(H,25,28)/t17-/m1/s1. The van der Waals surface area contributed by atoms with Crippen LogP contribution in [-0.4, -0.2) is 50.0 Å². The second kappa shape index (κ2) is 9.81. The summed E-state index contributed by atoms with van der Waals surface area (Å²) in [5.74, 6) is -0.0721. The van der Waals surface area contributed by atoms with Gasteiger partial charge in [0.15, 0.2) is 0 Å². The lowest BCUT2D eigenvalue weighted by Gasteiger charge is -2.31. The van der Waals surface area contributed by atoms with Crippen LogP contribution in [-0.2, 0) is 9.53 Å². The fraction of sp³-hybridized carbons (Fsp3) is 0.636. The van der Waals surface area contributed by atoms with E-state index in [-0.39, 0.29) is 23.8 Å². The summed E-state index contributed by atoms with van der Waals surface area (Å²) >= 11 is 5.92. The fourth-order valence-electron chi connectivity index (χ4n) is 3.67. The number of piperidine rings is 1. The molecule has 1 aromatic carbocycles. The minimum absolute atomic E-state index is 0.0878. The molecule has 0 aromatic heterocycles. The van der Waals surface area contributed by atoms with Gasteiger partial charge in [-0.25, -0.2) is 0 Å². The molecule has 7 heteroatoms. The Bertz CT molecular complexity index is 726. The summed E-state index contributed by atoms with van der Waals surface area (Å²) in [5, 5.41) is 5.93. The maximum Gasteiger partial charge on any atom is 0.253 e. The number of ether oxygens (including phenoxy) is 1. The molecule has 1 aromatic rings. The predicted molar refractivity (Wildman–Crippen MR) is 117 cm³/mol. The molecule has 2 aliphatic rings. The third-order valence-corrected chi connectivity index (χ3v) is 6.33. The largest absolute Gasteiger partial charge is 0.376 e. The average Bonchev–Trinajstić information content (AvgIpc) is 3.26. The zero-order valence-corrected chi connectivity index (χ0v) is 18.2. The molecule has 0 unspecified atom stereocenters. The van der Waals surface area contributed by atoms with Crippen LogP contribution in [0.25, 0.3) is 0 Å². The number of nitrogens with zero attached hydrogens (tertiary/aromatic N) is 1. The molecule has 6 nitrogen and oxygen atoms in total. The van der Waals surface area contributed by atoms with Gasteiger partial charge in [-0.2, -0.15) is 0 Å². The summed E-state index contributed by atoms with van der Waals surface area (Å²) < 4.78 is 5.62. The van der Waals surface area contributed by atoms with E-state index in [0.717, 1.165) is 51.1 Å². The highest BCUT2D eigenvalue weighted by Crippen LogP contribution is 2.28. The number of carbonyl (C=O) groups is 2. The molecule has 2 aliphatic heterocycles. The summed E-state index contributed by atoms with van der Waals surface area (Å²) in [7, 11) is 0. The van der Waals surface area contributed by atoms with Crippen molar-refractivity contribution >= 4 is 34.8 Å². The van der Waals surface area contributed by atoms with Crippen molar-refractivity contribution in [3.8, 4) is 0 Å². The lowest BCUT2D eigenvalue weighted by molar-refractivity contribution is -0.122. The molecule has 29 heavy (non-hydrogen) atoms. The van der Waals surface area contributed by atoms with Crippen LogP contribution < -0.4 is 15.5 Å². The molecule has 1 atom stereocenters. The van der Waals surface area contributed by atoms with Gasteiger partial charge in [0, 0.05) is 43.5 Å². The van der Waals surface area contributed by atoms with Gasteiger partial charge in [-0.05, 0) is 64.2 Å². The van der Waals surface area contributed by atoms with Crippen LogP contribution in [0.4, 0.5) is 11.4 Å². The van der Waals surface area contributed by atoms with E-state index < -0.39 is 5.41 Å². The monoisotopic (exact) mass is 421 g/mol. The first kappa shape index (κ1) is 21.9. The number of hydrogen-bond donors (Lipinski definition) is 2. The van der Waals surface area contributed by atoms with Crippen molar-refractivity contribution < 1.29 is 14.3 Å². The average molecular weight is 422 g/mol. The van der Waals surface area contributed by atoms with Gasteiger partial charge in [-0.15, -0.1) is 11.6 Å². The summed E-state index contributed by atoms with van der Waals surface area (Å²) in [5.41, 5.74) is 1.43. The second-order valence-corrected chi connectivity index (χ2v) is 8.86. The Labute approximate surface area is 178 Å². The molecule has 2 amide bonds. The van der Waals surface area contributed by atoms with E-state index in [9.17, 15) is 9.59 Å². The zero-order valence-electron chi connectivity index (χ0n) is 17.4. The molecular weight excluding hydrogens is 390 g/mol. The third kappa shape index (κ3) is 5.64. The van der Waals surface area contributed by atoms with Gasteiger partial charge in [0.05, 0.1) is 17.1 Å². The first-order valence-corrected chi connectivity index (χ1v) is 11.1. The van der Waals surface area contributed by atoms with Crippen molar-refractivity contribution in [1.82, 2.24) is 5.32 Å². The molecule has 2 saturated heterocycles. The lowest BCUT2D eigenvalue weighted by atomic mass is 9.95. The number of halogens is 1. The highest BCUT2D eigenvalue weighted by atomic mass is 35.5. The number of anilines is 2. The fourth-order valence-corrected chi connectivity index (χ4v) is 3.80. The molecule has 0 saturated carbocycles. The summed E-state index contributed by atoms with van der Waals surface area (Å²) in [4.78, 5) is 27.8. The third-order valence-electron chi connectivity index (χ3n) is 5.66. The van der Waals surface area contributed by atoms with Gasteiger partial charge in [0.2, 0.25) is 5.91 Å². The number of benzene rings is 1. The Morgan fingerprint density at radius 3 is 2.62 bits per heavy atom. The number of nitrogens with one attached hydrogen (secondary N) is 2. The van der Waals surface area contributed by atoms with Gasteiger partial charge in [0.25, 0.3) is 5.91 Å². The van der Waals surface area contributed by atoms with Crippen LogP contribution in [0, 0.1) is 5.41 Å². The van der Waals surface area contributed by atoms with Crippen molar-refractivity contribution in [2.75, 3.05) is 42.3 Å². The Balaban J connectivity index is 1.80. The Morgan fingerprint density at radius 1 is 1.21 bits per heavy atom. The molecule has 2 N–H and O–H groups in total. The molecule has 0 aliphatic carbocycles. The maximum absolute atomic E-state index is 13.0. The van der Waals surface area contributed by atoms with Crippen LogP contribution in [0.15, 0.2) is 18.2 Å². The number of amides is 2. The number of carbonyl (C=O) groups excluding carboxylic acids is 2. The van der Waals surface area contributed by atoms with Gasteiger partial charge in [0.1, 0.15) is 0 Å². The number of hydrogen-bond acceptors (Lipinski definition) is 4. The second-order valence-electron chi connectivity index (χ2n) is 8.60. The van der Waals surface area contributed by atoms with E-state index in [2.05, 4.69) is 15.5 Å². The number of rotatable bonds is 7. The van der Waals surface area contributed by atoms with E-state index in [1.54, 1.807) is 19.9 Å². The van der Waals surface area contributed by atoms with Crippen molar-refractivity contribution in [1.29, 1.82) is 0 Å². The normalized spacial score (nSPS) is 19.8. The van der Waals surface area contributed by atoms with E-state index in [1.165, 1.54) is 6.42 Å². The van der Waals surface area contributed by atoms with Crippen LogP contribution >= 0.6 is 11.6 Å². The van der Waals surface area contributed by atoms with Crippen molar-refractivity contribution in [2.45, 2.75) is 52.1 Å². The molecule has 3 rings (SSSR count). The summed E-state index contributed by atoms with van der Waals surface area (Å²) in [6.45, 7) is 6.75. The Hall–Kier alpha value is -1.79. The van der Waals surface area contributed by atoms with E-state index in [0.29, 0.717) is 17.8 Å². The van der Waals surface area contributed by atoms with Crippen LogP contribution in [0.5, 0.6) is 0 Å². The minimum Gasteiger partial charge on any atom is -0.376 e. The molecular formula is C22H32ClN3O3. The first-order chi connectivity index (χ1) is 13.9. The summed E-state index contributed by atoms with van der Waals surface area (Å²) in [6.07, 6.45) is 5.57. The van der Waals surface area contributed by atoms with Crippen molar-refractivity contribution in [3.63, 3.8) is 0 Å². The van der Waals surface area contributed by atoms with Gasteiger partial charge < -0.3 is 20.3 Å². The van der Waals surface area contributed by atoms with E-state index in [4.69, 9.17) is 16.3 Å². The molecule has 0 spiro atoms. The van der Waals surface area contributed by atoms with Crippen LogP contribution in [0.2, 0.25) is 0 Å². The predicted octanol–water partition coefficient (Wildman–Crippen LogP) is 3.79. The van der Waals surface area contributed by atoms with Gasteiger partial charge in [-0.1, -0.05) is 0 Å². The van der Waals surface area contributed by atoms with Crippen LogP contribution in [0.3, 0.4) is 0 Å². The Morgan fingerprint density at radius 2 is 1.97 bits per heavy atom. The minimum atomic E-state index is -0.685. The lowest BCUT2D eigenvalue weighted by Crippen LogP contribution is -2.35. The Kier molecular flexibility index (Phi) is 7.41. The topological polar surface area (TPSA) is 70.7 Å². The zero-order chi connectivity index (χ0) is 20.9. The smallest absolute Gasteiger partial charge is 0.253 e. The quantitative estimate of drug-likeness (QED) is 0.657. The molecule has 0 bridgehead atoms. The van der Waals surface area contributed by atoms with Crippen LogP contribution in [0.1, 0.15) is 56.3 Å². The molecule has 2 heterocycles. The first-order valence-electron chi connectivity index (χ1n) is 10.6. The van der Waals surface area contributed by atoms with E-state index >= 15 is 0 Å². The molecule has 2 fully saturated rings. The van der Waals surface area contributed by atoms with Gasteiger partial charge >= 0.3 is 0 Å². The van der Waals surface area contributed by atoms with E-state index in [1.807, 2.05) is 12.1 Å². The highest BCUT2D eigenvalue weighted by molar-refractivity contribution is 6.20. The number of alkyl halides is 1. The maximum atomic E-state index is 13.0. The summed E-state index contributed by atoms with van der Waals surface area (Å²) in [6, 6.07) is 5.58. The molecule has 0 radical (unpaired) electrons. The van der Waals surface area contributed by atoms with Gasteiger partial charge in [-0.3, -0.25) is 9.59 Å². The van der Waals surface area contributed by atoms with Crippen molar-refractivity contribution in [3.05, 3.63) is 23.8 Å². The highest BCUT2D eigenvalue weighted by Gasteiger charge is 2.27. The molecule has 160 valence electrons. The SMILES string of the molecule is CC(C)(CCl)C(=O)Nc1ccc(N2CCCCC2)c(C(=O)NC[C@H]2CCCO2)c1. The van der Waals surface area contributed by atoms with Crippen molar-refractivity contribution in [2.24, 2.45) is 5.41 Å².